The average molecular weight is 563 g/mol. The molecule has 0 aromatic heterocycles. The third-order valence-electron chi connectivity index (χ3n) is 8.52. The summed E-state index contributed by atoms with van der Waals surface area (Å²) in [6.07, 6.45) is 4.81. The van der Waals surface area contributed by atoms with Crippen molar-refractivity contribution in [2.75, 3.05) is 52.4 Å². The Morgan fingerprint density at radius 3 is 2.34 bits per heavy atom. The number of carbonyl (C=O) groups is 2. The van der Waals surface area contributed by atoms with Crippen LogP contribution in [0.15, 0.2) is 61.2 Å². The number of hydrogen-bond donors (Lipinski definition) is 2. The van der Waals surface area contributed by atoms with Gasteiger partial charge in [-0.25, -0.2) is 0 Å². The van der Waals surface area contributed by atoms with Crippen LogP contribution in [-0.4, -0.2) is 106 Å². The molecule has 2 N–H and O–H groups in total. The van der Waals surface area contributed by atoms with Crippen LogP contribution in [0.3, 0.4) is 0 Å². The van der Waals surface area contributed by atoms with E-state index < -0.39 is 5.97 Å². The first kappa shape index (κ1) is 30.8. The zero-order chi connectivity index (χ0) is 29.4. The van der Waals surface area contributed by atoms with Crippen molar-refractivity contribution in [3.05, 3.63) is 77.9 Å². The lowest BCUT2D eigenvalue weighted by Crippen LogP contribution is -2.57. The van der Waals surface area contributed by atoms with Crippen molar-refractivity contribution in [3.63, 3.8) is 0 Å². The quantitative estimate of drug-likeness (QED) is 0.292. The highest BCUT2D eigenvalue weighted by Gasteiger charge is 2.35. The van der Waals surface area contributed by atoms with E-state index >= 15 is 0 Å². The zero-order valence-corrected chi connectivity index (χ0v) is 24.6. The minimum absolute atomic E-state index is 0.0554. The number of carboxylic acid groups (broad SMARTS) is 1. The van der Waals surface area contributed by atoms with E-state index in [1.165, 1.54) is 0 Å². The van der Waals surface area contributed by atoms with Crippen LogP contribution >= 0.6 is 0 Å². The second-order valence-electron chi connectivity index (χ2n) is 11.6. The van der Waals surface area contributed by atoms with Gasteiger partial charge in [-0.1, -0.05) is 36.8 Å². The summed E-state index contributed by atoms with van der Waals surface area (Å²) in [6, 6.07) is 16.1. The van der Waals surface area contributed by atoms with E-state index in [9.17, 15) is 14.7 Å². The molecule has 3 atom stereocenters. The molecule has 2 heterocycles. The summed E-state index contributed by atoms with van der Waals surface area (Å²) < 4.78 is 0. The number of carbonyl (C=O) groups excluding carboxylic acids is 1. The molecule has 2 aromatic rings. The second-order valence-corrected chi connectivity index (χ2v) is 11.6. The molecule has 1 unspecified atom stereocenters. The van der Waals surface area contributed by atoms with Gasteiger partial charge in [-0.3, -0.25) is 24.3 Å². The number of aromatic hydroxyl groups is 1. The van der Waals surface area contributed by atoms with Crippen LogP contribution < -0.4 is 0 Å². The summed E-state index contributed by atoms with van der Waals surface area (Å²) in [5.41, 5.74) is 2.77. The fourth-order valence-corrected chi connectivity index (χ4v) is 6.26. The first-order valence-corrected chi connectivity index (χ1v) is 15.0. The minimum Gasteiger partial charge on any atom is -0.508 e. The van der Waals surface area contributed by atoms with Crippen molar-refractivity contribution in [2.45, 2.75) is 57.7 Å². The fraction of sp³-hybridized carbons (Fsp3) is 0.515. The number of amides is 1. The summed E-state index contributed by atoms with van der Waals surface area (Å²) in [7, 11) is 0. The number of piperazine rings is 2. The number of hydrogen-bond acceptors (Lipinski definition) is 6. The lowest BCUT2D eigenvalue weighted by atomic mass is 9.92. The van der Waals surface area contributed by atoms with Gasteiger partial charge < -0.3 is 15.1 Å². The molecule has 0 bridgehead atoms. The number of nitrogens with zero attached hydrogens (tertiary/aromatic N) is 4. The number of phenols is 1. The van der Waals surface area contributed by atoms with E-state index in [4.69, 9.17) is 5.11 Å². The van der Waals surface area contributed by atoms with Gasteiger partial charge in [-0.15, -0.1) is 6.58 Å². The average Bonchev–Trinajstić information content (AvgIpc) is 2.96. The summed E-state index contributed by atoms with van der Waals surface area (Å²) in [5.74, 6) is -0.435. The smallest absolute Gasteiger partial charge is 0.303 e. The maximum absolute atomic E-state index is 13.6. The highest BCUT2D eigenvalue weighted by Crippen LogP contribution is 2.35. The van der Waals surface area contributed by atoms with E-state index in [2.05, 4.69) is 47.3 Å². The van der Waals surface area contributed by atoms with E-state index in [0.717, 1.165) is 69.7 Å². The molecular weight excluding hydrogens is 516 g/mol. The largest absolute Gasteiger partial charge is 0.508 e. The molecule has 0 saturated carbocycles. The van der Waals surface area contributed by atoms with Crippen molar-refractivity contribution in [1.29, 1.82) is 0 Å². The molecule has 8 nitrogen and oxygen atoms in total. The predicted molar refractivity (Wildman–Crippen MR) is 162 cm³/mol. The summed E-state index contributed by atoms with van der Waals surface area (Å²) in [4.78, 5) is 33.6. The van der Waals surface area contributed by atoms with Gasteiger partial charge in [0, 0.05) is 69.9 Å². The number of phenolic OH excluding ortho intramolecular Hbond substituents is 1. The fourth-order valence-electron chi connectivity index (χ4n) is 6.26. The number of unbranched alkanes of at least 4 members (excludes halogenated alkanes) is 2. The maximum atomic E-state index is 13.6. The molecule has 222 valence electrons. The van der Waals surface area contributed by atoms with Crippen LogP contribution in [0.25, 0.3) is 0 Å². The highest BCUT2D eigenvalue weighted by atomic mass is 16.4. The van der Waals surface area contributed by atoms with Gasteiger partial charge in [0.25, 0.3) is 5.91 Å². The topological polar surface area (TPSA) is 87.6 Å². The van der Waals surface area contributed by atoms with Crippen molar-refractivity contribution >= 4 is 11.9 Å². The van der Waals surface area contributed by atoms with Crippen molar-refractivity contribution in [2.24, 2.45) is 0 Å². The van der Waals surface area contributed by atoms with Crippen LogP contribution in [0.2, 0.25) is 0 Å². The minimum atomic E-state index is -0.732. The summed E-state index contributed by atoms with van der Waals surface area (Å²) in [6.45, 7) is 15.1. The second kappa shape index (κ2) is 14.6. The molecule has 2 aliphatic rings. The Labute approximate surface area is 244 Å². The van der Waals surface area contributed by atoms with Crippen LogP contribution in [0.5, 0.6) is 5.75 Å². The molecule has 0 spiro atoms. The molecule has 0 radical (unpaired) electrons. The molecule has 2 saturated heterocycles. The van der Waals surface area contributed by atoms with Crippen molar-refractivity contribution in [1.82, 2.24) is 19.6 Å². The number of carboxylic acids is 1. The number of aliphatic carboxylic acids is 1. The molecule has 41 heavy (non-hydrogen) atoms. The Kier molecular flexibility index (Phi) is 11.0. The van der Waals surface area contributed by atoms with E-state index in [0.29, 0.717) is 24.7 Å². The van der Waals surface area contributed by atoms with E-state index in [-0.39, 0.29) is 30.2 Å². The first-order chi connectivity index (χ1) is 19.8. The number of benzene rings is 2. The third kappa shape index (κ3) is 8.18. The molecule has 8 heteroatoms. The molecule has 2 aliphatic heterocycles. The Balaban J connectivity index is 1.46. The van der Waals surface area contributed by atoms with E-state index in [1.54, 1.807) is 6.07 Å². The summed E-state index contributed by atoms with van der Waals surface area (Å²) >= 11 is 0. The van der Waals surface area contributed by atoms with Gasteiger partial charge in [0.05, 0.1) is 6.04 Å². The molecule has 4 rings (SSSR count). The predicted octanol–water partition coefficient (Wildman–Crippen LogP) is 4.47. The maximum Gasteiger partial charge on any atom is 0.303 e. The Morgan fingerprint density at radius 1 is 0.951 bits per heavy atom. The Bertz CT molecular complexity index is 1180. The molecule has 1 amide bonds. The van der Waals surface area contributed by atoms with Gasteiger partial charge in [0.2, 0.25) is 0 Å². The Hall–Kier alpha value is -3.20. The van der Waals surface area contributed by atoms with E-state index in [1.807, 2.05) is 41.3 Å². The SMILES string of the molecule is C=CCN1C[C@H](C)N(C(c2cccc(O)c2)c2cccc(C(=O)N3CCN(CCCCCC(=O)O)CC3)c2)C[C@H]1C. The van der Waals surface area contributed by atoms with Gasteiger partial charge in [0.15, 0.2) is 0 Å². The normalized spacial score (nSPS) is 21.5. The lowest BCUT2D eigenvalue weighted by molar-refractivity contribution is -0.137. The highest BCUT2D eigenvalue weighted by molar-refractivity contribution is 5.94. The molecular formula is C33H46N4O4. The number of rotatable bonds is 12. The van der Waals surface area contributed by atoms with Crippen LogP contribution in [0, 0.1) is 0 Å². The zero-order valence-electron chi connectivity index (χ0n) is 24.6. The van der Waals surface area contributed by atoms with Crippen LogP contribution in [0.4, 0.5) is 0 Å². The standard InChI is InChI=1S/C33H46N4O4/c1-4-15-36-23-26(3)37(24-25(36)2)32(28-11-9-13-30(38)22-28)27-10-8-12-29(21-27)33(41)35-19-17-34(18-20-35)16-7-5-6-14-31(39)40/h4,8-13,21-22,25-26,32,38H,1,5-7,14-20,23-24H2,2-3H3,(H,39,40)/t25-,26+,32?/m1/s1. The van der Waals surface area contributed by atoms with Gasteiger partial charge in [0.1, 0.15) is 5.75 Å². The van der Waals surface area contributed by atoms with Gasteiger partial charge in [-0.05, 0) is 68.6 Å². The van der Waals surface area contributed by atoms with Gasteiger partial charge >= 0.3 is 5.97 Å². The third-order valence-corrected chi connectivity index (χ3v) is 8.52. The Morgan fingerprint density at radius 2 is 1.66 bits per heavy atom. The van der Waals surface area contributed by atoms with Gasteiger partial charge in [-0.2, -0.15) is 0 Å². The van der Waals surface area contributed by atoms with Crippen molar-refractivity contribution < 1.29 is 19.8 Å². The van der Waals surface area contributed by atoms with Crippen LogP contribution in [0.1, 0.15) is 67.1 Å². The molecule has 0 aliphatic carbocycles. The monoisotopic (exact) mass is 562 g/mol. The van der Waals surface area contributed by atoms with Crippen molar-refractivity contribution in [3.8, 4) is 5.75 Å². The molecule has 2 aromatic carbocycles. The van der Waals surface area contributed by atoms with Crippen LogP contribution in [-0.2, 0) is 4.79 Å². The lowest BCUT2D eigenvalue weighted by Gasteiger charge is -2.47. The first-order valence-electron chi connectivity index (χ1n) is 15.0. The summed E-state index contributed by atoms with van der Waals surface area (Å²) in [5, 5.41) is 19.2. The molecule has 2 fully saturated rings.